The maximum atomic E-state index is 12.7. The minimum Gasteiger partial charge on any atom is -0.495 e. The number of hydrogen-bond acceptors (Lipinski definition) is 5. The highest BCUT2D eigenvalue weighted by Crippen LogP contribution is 2.31. The first-order valence-electron chi connectivity index (χ1n) is 8.11. The molecule has 0 unspecified atom stereocenters. The second-order valence-corrected chi connectivity index (χ2v) is 10.2. The number of methoxy groups -OCH3 is 1. The average Bonchev–Trinajstić information content (AvgIpc) is 2.96. The van der Waals surface area contributed by atoms with Crippen LogP contribution in [0.15, 0.2) is 41.3 Å². The van der Waals surface area contributed by atoms with Crippen molar-refractivity contribution >= 4 is 43.0 Å². The third-order valence-corrected chi connectivity index (χ3v) is 7.81. The van der Waals surface area contributed by atoms with Crippen molar-refractivity contribution in [3.8, 4) is 5.75 Å². The molecule has 3 rings (SSSR count). The molecule has 1 N–H and O–H groups in total. The number of hydrogen-bond donors (Lipinski definition) is 1. The molecule has 0 saturated carbocycles. The second kappa shape index (κ2) is 7.21. The van der Waals surface area contributed by atoms with E-state index < -0.39 is 20.0 Å². The van der Waals surface area contributed by atoms with Gasteiger partial charge in [0.05, 0.1) is 34.2 Å². The smallest absolute Gasteiger partial charge is 0.261 e. The Labute approximate surface area is 164 Å². The van der Waals surface area contributed by atoms with Crippen LogP contribution in [0.3, 0.4) is 0 Å². The maximum Gasteiger partial charge on any atom is 0.261 e. The van der Waals surface area contributed by atoms with Crippen LogP contribution in [-0.2, 0) is 20.0 Å². The van der Waals surface area contributed by atoms with Gasteiger partial charge < -0.3 is 4.74 Å². The maximum absolute atomic E-state index is 12.7. The molecule has 0 atom stereocenters. The Balaban J connectivity index is 1.95. The number of nitrogens with zero attached hydrogens (tertiary/aromatic N) is 1. The van der Waals surface area contributed by atoms with Crippen LogP contribution in [0, 0.1) is 6.92 Å². The van der Waals surface area contributed by atoms with E-state index in [4.69, 9.17) is 16.3 Å². The number of sulfonamides is 2. The van der Waals surface area contributed by atoms with Gasteiger partial charge in [0.15, 0.2) is 0 Å². The molecule has 27 heavy (non-hydrogen) atoms. The number of anilines is 2. The molecule has 7 nitrogen and oxygen atoms in total. The van der Waals surface area contributed by atoms with Crippen LogP contribution in [0.4, 0.5) is 11.4 Å². The molecule has 1 saturated heterocycles. The Hall–Kier alpha value is -1.97. The molecule has 2 aromatic rings. The number of ether oxygens (including phenoxy) is 1. The van der Waals surface area contributed by atoms with Crippen LogP contribution in [0.2, 0.25) is 5.02 Å². The van der Waals surface area contributed by atoms with E-state index in [1.807, 2.05) is 0 Å². The lowest BCUT2D eigenvalue weighted by atomic mass is 10.2. The molecule has 10 heteroatoms. The number of halogens is 1. The molecule has 0 radical (unpaired) electrons. The number of aryl methyl sites for hydroxylation is 1. The van der Waals surface area contributed by atoms with E-state index in [0.29, 0.717) is 35.7 Å². The van der Waals surface area contributed by atoms with Crippen LogP contribution in [-0.4, -0.2) is 36.2 Å². The summed E-state index contributed by atoms with van der Waals surface area (Å²) in [6.45, 7) is 2.12. The van der Waals surface area contributed by atoms with E-state index in [1.54, 1.807) is 19.1 Å². The molecule has 1 fully saturated rings. The second-order valence-electron chi connectivity index (χ2n) is 6.14. The van der Waals surface area contributed by atoms with Gasteiger partial charge in [-0.1, -0.05) is 17.7 Å². The molecule has 0 amide bonds. The van der Waals surface area contributed by atoms with Crippen molar-refractivity contribution in [3.63, 3.8) is 0 Å². The van der Waals surface area contributed by atoms with Crippen LogP contribution in [0.25, 0.3) is 0 Å². The van der Waals surface area contributed by atoms with Gasteiger partial charge in [0.25, 0.3) is 10.0 Å². The summed E-state index contributed by atoms with van der Waals surface area (Å²) < 4.78 is 58.5. The fourth-order valence-corrected chi connectivity index (χ4v) is 5.85. The molecular weight excluding hydrogens is 412 g/mol. The zero-order valence-electron chi connectivity index (χ0n) is 14.8. The fourth-order valence-electron chi connectivity index (χ4n) is 2.82. The summed E-state index contributed by atoms with van der Waals surface area (Å²) in [6, 6.07) is 9.03. The van der Waals surface area contributed by atoms with E-state index >= 15 is 0 Å². The lowest BCUT2D eigenvalue weighted by Gasteiger charge is -2.19. The van der Waals surface area contributed by atoms with Crippen LogP contribution in [0.5, 0.6) is 5.75 Å². The van der Waals surface area contributed by atoms with Gasteiger partial charge in [-0.15, -0.1) is 0 Å². The van der Waals surface area contributed by atoms with E-state index in [2.05, 4.69) is 4.72 Å². The first kappa shape index (κ1) is 19.8. The monoisotopic (exact) mass is 430 g/mol. The third kappa shape index (κ3) is 3.99. The van der Waals surface area contributed by atoms with E-state index in [9.17, 15) is 16.8 Å². The molecule has 1 heterocycles. The van der Waals surface area contributed by atoms with Gasteiger partial charge in [-0.25, -0.2) is 16.8 Å². The molecule has 0 aromatic heterocycles. The molecule has 0 bridgehead atoms. The highest BCUT2D eigenvalue weighted by atomic mass is 35.5. The molecule has 0 aliphatic carbocycles. The van der Waals surface area contributed by atoms with E-state index in [0.717, 1.165) is 0 Å². The summed E-state index contributed by atoms with van der Waals surface area (Å²) in [5, 5.41) is 0.175. The molecule has 1 aliphatic heterocycles. The molecule has 146 valence electrons. The summed E-state index contributed by atoms with van der Waals surface area (Å²) in [5.41, 5.74) is 1.41. The van der Waals surface area contributed by atoms with Crippen molar-refractivity contribution in [2.24, 2.45) is 0 Å². The molecule has 1 aliphatic rings. The Morgan fingerprint density at radius 2 is 1.93 bits per heavy atom. The van der Waals surface area contributed by atoms with Crippen molar-refractivity contribution < 1.29 is 21.6 Å². The SMILES string of the molecule is COc1ccc(S(=O)(=O)Nc2cc(N3CCCS3(=O)=O)ccc2C)cc1Cl. The van der Waals surface area contributed by atoms with Gasteiger partial charge in [-0.2, -0.15) is 0 Å². The summed E-state index contributed by atoms with van der Waals surface area (Å²) in [5.74, 6) is 0.458. The third-order valence-electron chi connectivity index (χ3n) is 4.29. The predicted octanol–water partition coefficient (Wildman–Crippen LogP) is 3.00. The lowest BCUT2D eigenvalue weighted by molar-refractivity contribution is 0.414. The fraction of sp³-hybridized carbons (Fsp3) is 0.294. The van der Waals surface area contributed by atoms with Crippen LogP contribution in [0.1, 0.15) is 12.0 Å². The Morgan fingerprint density at radius 1 is 1.19 bits per heavy atom. The van der Waals surface area contributed by atoms with Crippen molar-refractivity contribution in [2.75, 3.05) is 28.4 Å². The number of benzene rings is 2. The average molecular weight is 431 g/mol. The minimum absolute atomic E-state index is 0.0214. The standard InChI is InChI=1S/C17H19ClN2O5S2/c1-12-4-5-13(20-8-3-9-26(20,21)22)10-16(12)19-27(23,24)14-6-7-17(25-2)15(18)11-14/h4-7,10-11,19H,3,8-9H2,1-2H3. The topological polar surface area (TPSA) is 92.8 Å². The predicted molar refractivity (Wildman–Crippen MR) is 106 cm³/mol. The lowest BCUT2D eigenvalue weighted by Crippen LogP contribution is -2.25. The first-order valence-corrected chi connectivity index (χ1v) is 11.6. The summed E-state index contributed by atoms with van der Waals surface area (Å²) in [7, 11) is -5.83. The molecule has 2 aromatic carbocycles. The zero-order chi connectivity index (χ0) is 19.8. The van der Waals surface area contributed by atoms with E-state index in [-0.39, 0.29) is 15.7 Å². The largest absolute Gasteiger partial charge is 0.495 e. The highest BCUT2D eigenvalue weighted by molar-refractivity contribution is 7.93. The minimum atomic E-state index is -3.91. The van der Waals surface area contributed by atoms with Gasteiger partial charge in [0.1, 0.15) is 5.75 Å². The Morgan fingerprint density at radius 3 is 2.52 bits per heavy atom. The number of rotatable bonds is 5. The summed E-state index contributed by atoms with van der Waals surface area (Å²) in [4.78, 5) is -0.0214. The van der Waals surface area contributed by atoms with Gasteiger partial charge in [-0.05, 0) is 49.2 Å². The van der Waals surface area contributed by atoms with Gasteiger partial charge in [0, 0.05) is 6.54 Å². The van der Waals surface area contributed by atoms with Gasteiger partial charge >= 0.3 is 0 Å². The highest BCUT2D eigenvalue weighted by Gasteiger charge is 2.29. The number of nitrogens with one attached hydrogen (secondary N) is 1. The molecular formula is C17H19ClN2O5S2. The normalized spacial score (nSPS) is 16.3. The van der Waals surface area contributed by atoms with Crippen molar-refractivity contribution in [1.29, 1.82) is 0 Å². The van der Waals surface area contributed by atoms with Crippen molar-refractivity contribution in [3.05, 3.63) is 47.0 Å². The van der Waals surface area contributed by atoms with Crippen molar-refractivity contribution in [1.82, 2.24) is 0 Å². The van der Waals surface area contributed by atoms with Gasteiger partial charge in [0.2, 0.25) is 10.0 Å². The van der Waals surface area contributed by atoms with Crippen LogP contribution < -0.4 is 13.8 Å². The van der Waals surface area contributed by atoms with Crippen molar-refractivity contribution in [2.45, 2.75) is 18.2 Å². The summed E-state index contributed by atoms with van der Waals surface area (Å²) in [6.07, 6.45) is 0.543. The quantitative estimate of drug-likeness (QED) is 0.787. The zero-order valence-corrected chi connectivity index (χ0v) is 17.2. The Bertz CT molecular complexity index is 1080. The van der Waals surface area contributed by atoms with Gasteiger partial charge in [-0.3, -0.25) is 9.03 Å². The summed E-state index contributed by atoms with van der Waals surface area (Å²) >= 11 is 6.02. The molecule has 0 spiro atoms. The first-order chi connectivity index (χ1) is 12.6. The Kier molecular flexibility index (Phi) is 5.29. The van der Waals surface area contributed by atoms with E-state index in [1.165, 1.54) is 35.7 Å². The van der Waals surface area contributed by atoms with Crippen LogP contribution >= 0.6 is 11.6 Å².